The Balaban J connectivity index is 1.19. The summed E-state index contributed by atoms with van der Waals surface area (Å²) < 4.78 is 13.0. The molecule has 2 aromatic heterocycles. The molecule has 0 spiro atoms. The van der Waals surface area contributed by atoms with E-state index >= 15 is 0 Å². The van der Waals surface area contributed by atoms with E-state index in [4.69, 9.17) is 19.3 Å². The highest BCUT2D eigenvalue weighted by Gasteiger charge is 2.45. The molecule has 0 amide bonds. The zero-order valence-corrected chi connectivity index (χ0v) is 26.4. The van der Waals surface area contributed by atoms with Gasteiger partial charge in [-0.3, -0.25) is 4.79 Å². The van der Waals surface area contributed by atoms with Crippen LogP contribution in [-0.2, 0) is 39.5 Å². The molecule has 2 unspecified atom stereocenters. The average Bonchev–Trinajstić information content (AvgIpc) is 3.45. The third-order valence-electron chi connectivity index (χ3n) is 10.2. The highest BCUT2D eigenvalue weighted by molar-refractivity contribution is 5.91. The lowest BCUT2D eigenvalue weighted by Crippen LogP contribution is -2.50. The van der Waals surface area contributed by atoms with Gasteiger partial charge in [-0.2, -0.15) is 0 Å². The molecule has 2 atom stereocenters. The molecule has 12 heteroatoms. The van der Waals surface area contributed by atoms with Crippen LogP contribution in [0.1, 0.15) is 67.7 Å². The molecule has 2 fully saturated rings. The number of carbonyl (C=O) groups excluding carboxylic acids is 1. The van der Waals surface area contributed by atoms with E-state index in [1.807, 2.05) is 23.1 Å². The second-order valence-electron chi connectivity index (χ2n) is 12.7. The first kappa shape index (κ1) is 30.8. The summed E-state index contributed by atoms with van der Waals surface area (Å²) in [4.78, 5) is 40.6. The number of nitrogens with zero attached hydrogens (tertiary/aromatic N) is 5. The van der Waals surface area contributed by atoms with Gasteiger partial charge in [-0.15, -0.1) is 0 Å². The normalized spacial score (nSPS) is 22.8. The minimum Gasteiger partial charge on any atom is -0.458 e. The third-order valence-corrected chi connectivity index (χ3v) is 10.2. The first-order valence-electron chi connectivity index (χ1n) is 16.3. The molecule has 12 nitrogen and oxygen atoms in total. The fraction of sp³-hybridized carbons (Fsp3) is 0.529. The van der Waals surface area contributed by atoms with E-state index in [9.17, 15) is 19.8 Å². The number of benzene rings is 1. The molecule has 3 aromatic rings. The van der Waals surface area contributed by atoms with Crippen LogP contribution in [0, 0.1) is 0 Å². The molecule has 0 saturated carbocycles. The maximum atomic E-state index is 13.6. The van der Waals surface area contributed by atoms with Crippen LogP contribution in [0.5, 0.6) is 5.75 Å². The van der Waals surface area contributed by atoms with Gasteiger partial charge in [0.2, 0.25) is 0 Å². The van der Waals surface area contributed by atoms with Crippen molar-refractivity contribution in [2.75, 3.05) is 33.3 Å². The molecule has 46 heavy (non-hydrogen) atoms. The molecule has 0 bridgehead atoms. The van der Waals surface area contributed by atoms with E-state index in [-0.39, 0.29) is 36.3 Å². The molecular weight excluding hydrogens is 590 g/mol. The van der Waals surface area contributed by atoms with Gasteiger partial charge in [-0.25, -0.2) is 14.7 Å². The minimum absolute atomic E-state index is 0.0806. The lowest BCUT2D eigenvalue weighted by molar-refractivity contribution is -0.172. The Morgan fingerprint density at radius 2 is 1.93 bits per heavy atom. The number of oxime groups is 1. The van der Waals surface area contributed by atoms with Crippen LogP contribution in [0.25, 0.3) is 22.3 Å². The zero-order chi connectivity index (χ0) is 32.0. The molecule has 244 valence electrons. The summed E-state index contributed by atoms with van der Waals surface area (Å²) in [7, 11) is 1.48. The Bertz CT molecular complexity index is 1740. The quantitative estimate of drug-likeness (QED) is 0.129. The van der Waals surface area contributed by atoms with E-state index in [1.165, 1.54) is 39.5 Å². The van der Waals surface area contributed by atoms with Gasteiger partial charge < -0.3 is 34.0 Å². The lowest BCUT2D eigenvalue weighted by atomic mass is 9.86. The predicted octanol–water partition coefficient (Wildman–Crippen LogP) is 2.86. The largest absolute Gasteiger partial charge is 0.458 e. The van der Waals surface area contributed by atoms with Gasteiger partial charge in [0, 0.05) is 53.8 Å². The molecule has 0 aliphatic carbocycles. The molecular formula is C34H41N5O7. The molecule has 7 rings (SSSR count). The Hall–Kier alpha value is -3.84. The van der Waals surface area contributed by atoms with Gasteiger partial charge in [0.1, 0.15) is 19.5 Å². The number of pyridine rings is 2. The number of likely N-dealkylation sites (tertiary alicyclic amines) is 2. The first-order chi connectivity index (χ1) is 22.3. The van der Waals surface area contributed by atoms with E-state index in [0.29, 0.717) is 35.1 Å². The van der Waals surface area contributed by atoms with Crippen LogP contribution in [-0.4, -0.2) is 87.5 Å². The lowest BCUT2D eigenvalue weighted by Gasteiger charge is -2.41. The molecule has 0 radical (unpaired) electrons. The van der Waals surface area contributed by atoms with E-state index < -0.39 is 18.0 Å². The summed E-state index contributed by atoms with van der Waals surface area (Å²) in [5, 5.41) is 27.1. The summed E-state index contributed by atoms with van der Waals surface area (Å²) in [6.07, 6.45) is 6.85. The number of rotatable bonds is 8. The maximum Gasteiger partial charge on any atom is 0.343 e. The summed E-state index contributed by atoms with van der Waals surface area (Å²) in [5.41, 5.74) is 1.83. The number of piperidine rings is 2. The molecule has 1 aromatic carbocycles. The second kappa shape index (κ2) is 12.4. The van der Waals surface area contributed by atoms with Crippen LogP contribution in [0.2, 0.25) is 0 Å². The average molecular weight is 632 g/mol. The zero-order valence-electron chi connectivity index (χ0n) is 26.4. The maximum absolute atomic E-state index is 13.6. The number of aliphatic hydroxyl groups excluding tert-OH is 1. The Labute approximate surface area is 267 Å². The second-order valence-corrected chi connectivity index (χ2v) is 12.7. The van der Waals surface area contributed by atoms with E-state index in [0.717, 1.165) is 42.4 Å². The van der Waals surface area contributed by atoms with Crippen LogP contribution in [0.15, 0.2) is 34.2 Å². The first-order valence-corrected chi connectivity index (χ1v) is 16.3. The number of cyclic esters (lactones) is 1. The Morgan fingerprint density at radius 1 is 1.15 bits per heavy atom. The van der Waals surface area contributed by atoms with Crippen molar-refractivity contribution < 1.29 is 29.3 Å². The van der Waals surface area contributed by atoms with Crippen LogP contribution in [0.3, 0.4) is 0 Å². The minimum atomic E-state index is -1.88. The summed E-state index contributed by atoms with van der Waals surface area (Å²) in [5.74, 6) is -0.228. The number of ether oxygens (including phenoxy) is 2. The highest BCUT2D eigenvalue weighted by Crippen LogP contribution is 2.40. The van der Waals surface area contributed by atoms with Crippen LogP contribution < -0.4 is 10.3 Å². The van der Waals surface area contributed by atoms with Crippen molar-refractivity contribution in [1.82, 2.24) is 19.4 Å². The number of aliphatic hydroxyl groups is 2. The number of carbonyl (C=O) groups is 1. The molecule has 4 aliphatic rings. The van der Waals surface area contributed by atoms with Gasteiger partial charge in [0.05, 0.1) is 29.0 Å². The standard InChI is InChI=1S/C34H41N5O7/c1-3-34(43)26-18-28-30-21(19-39(28)31(40)25(26)20-45-32(34)41)17-24-23(9-12-35-44-2)29(8-7-27(24)36-30)46-33(42)38-15-10-22(11-16-38)37-13-5-4-6-14-37/h7-8,12,17-18,22,33,42-43H,3-6,9-11,13-16,19-20H2,1-2H3. The Morgan fingerprint density at radius 3 is 2.67 bits per heavy atom. The van der Waals surface area contributed by atoms with E-state index in [1.54, 1.807) is 23.8 Å². The summed E-state index contributed by atoms with van der Waals surface area (Å²) in [6, 6.07) is 7.91. The monoisotopic (exact) mass is 631 g/mol. The van der Waals surface area contributed by atoms with Crippen molar-refractivity contribution in [2.24, 2.45) is 5.16 Å². The molecule has 2 saturated heterocycles. The number of aromatic nitrogens is 2. The van der Waals surface area contributed by atoms with Gasteiger partial charge >= 0.3 is 5.97 Å². The highest BCUT2D eigenvalue weighted by atomic mass is 16.6. The molecule has 6 heterocycles. The van der Waals surface area contributed by atoms with Crippen molar-refractivity contribution in [1.29, 1.82) is 0 Å². The summed E-state index contributed by atoms with van der Waals surface area (Å²) >= 11 is 0. The van der Waals surface area contributed by atoms with Crippen molar-refractivity contribution >= 4 is 23.1 Å². The number of fused-ring (bicyclic) bond motifs is 5. The topological polar surface area (TPSA) is 139 Å². The van der Waals surface area contributed by atoms with Gasteiger partial charge in [0.15, 0.2) is 5.60 Å². The van der Waals surface area contributed by atoms with Crippen molar-refractivity contribution in [2.45, 2.75) is 83.1 Å². The van der Waals surface area contributed by atoms with Gasteiger partial charge in [0.25, 0.3) is 12.0 Å². The fourth-order valence-corrected chi connectivity index (χ4v) is 7.56. The summed E-state index contributed by atoms with van der Waals surface area (Å²) in [6.45, 7) is 5.64. The van der Waals surface area contributed by atoms with Gasteiger partial charge in [-0.05, 0) is 69.5 Å². The van der Waals surface area contributed by atoms with E-state index in [2.05, 4.69) is 10.1 Å². The number of hydrogen-bond donors (Lipinski definition) is 2. The predicted molar refractivity (Wildman–Crippen MR) is 170 cm³/mol. The smallest absolute Gasteiger partial charge is 0.343 e. The SMILES string of the molecule is CCC1(O)C(=O)OCc2c1cc1n(c2=O)Cc2cc3c(CC=NOC)c(OC(O)N4CCC(N5CCCCC5)CC4)ccc3nc2-1. The van der Waals surface area contributed by atoms with Gasteiger partial charge in [-0.1, -0.05) is 18.5 Å². The van der Waals surface area contributed by atoms with Crippen LogP contribution in [0.4, 0.5) is 0 Å². The number of esters is 1. The Kier molecular flexibility index (Phi) is 8.30. The molecule has 2 N–H and O–H groups in total. The third kappa shape index (κ3) is 5.26. The molecule has 4 aliphatic heterocycles. The van der Waals surface area contributed by atoms with Crippen molar-refractivity contribution in [3.63, 3.8) is 0 Å². The fourth-order valence-electron chi connectivity index (χ4n) is 7.56. The van der Waals surface area contributed by atoms with Crippen LogP contribution >= 0.6 is 0 Å². The van der Waals surface area contributed by atoms with Crippen molar-refractivity contribution in [3.05, 3.63) is 56.9 Å². The van der Waals surface area contributed by atoms with Crippen molar-refractivity contribution in [3.8, 4) is 17.1 Å². The number of hydrogen-bond acceptors (Lipinski definition) is 11.